The van der Waals surface area contributed by atoms with E-state index in [0.29, 0.717) is 18.1 Å². The van der Waals surface area contributed by atoms with E-state index in [0.717, 1.165) is 24.8 Å². The molecule has 0 unspecified atom stereocenters. The van der Waals surface area contributed by atoms with Crippen molar-refractivity contribution in [2.75, 3.05) is 13.2 Å². The van der Waals surface area contributed by atoms with Gasteiger partial charge in [0.15, 0.2) is 0 Å². The van der Waals surface area contributed by atoms with Crippen LogP contribution < -0.4 is 0 Å². The van der Waals surface area contributed by atoms with Crippen LogP contribution in [0.25, 0.3) is 0 Å². The second kappa shape index (κ2) is 9.23. The van der Waals surface area contributed by atoms with Crippen LogP contribution in [0, 0.1) is 5.92 Å². The van der Waals surface area contributed by atoms with Crippen molar-refractivity contribution in [2.24, 2.45) is 5.92 Å². The Labute approximate surface area is 132 Å². The van der Waals surface area contributed by atoms with Crippen LogP contribution in [0.5, 0.6) is 0 Å². The summed E-state index contributed by atoms with van der Waals surface area (Å²) < 4.78 is 10.3. The summed E-state index contributed by atoms with van der Waals surface area (Å²) in [5, 5.41) is 0. The molecule has 22 heavy (non-hydrogen) atoms. The fourth-order valence-corrected chi connectivity index (χ4v) is 2.10. The van der Waals surface area contributed by atoms with Gasteiger partial charge in [0.05, 0.1) is 24.3 Å². The molecule has 0 spiro atoms. The van der Waals surface area contributed by atoms with E-state index in [1.807, 2.05) is 13.0 Å². The van der Waals surface area contributed by atoms with E-state index in [9.17, 15) is 9.59 Å². The third kappa shape index (κ3) is 5.51. The zero-order chi connectivity index (χ0) is 16.5. The lowest BCUT2D eigenvalue weighted by Gasteiger charge is -2.11. The minimum Gasteiger partial charge on any atom is -0.462 e. The second-order valence-electron chi connectivity index (χ2n) is 5.63. The summed E-state index contributed by atoms with van der Waals surface area (Å²) in [5.41, 5.74) is 1.55. The monoisotopic (exact) mass is 306 g/mol. The molecule has 0 amide bonds. The van der Waals surface area contributed by atoms with Crippen LogP contribution in [0.3, 0.4) is 0 Å². The van der Waals surface area contributed by atoms with Gasteiger partial charge in [-0.05, 0) is 49.8 Å². The minimum atomic E-state index is -0.487. The van der Waals surface area contributed by atoms with Gasteiger partial charge in [0.25, 0.3) is 0 Å². The van der Waals surface area contributed by atoms with Crippen molar-refractivity contribution in [3.63, 3.8) is 0 Å². The molecule has 0 aliphatic heterocycles. The summed E-state index contributed by atoms with van der Waals surface area (Å²) in [6.07, 6.45) is 2.62. The van der Waals surface area contributed by atoms with Crippen molar-refractivity contribution in [1.29, 1.82) is 0 Å². The first kappa shape index (κ1) is 18.2. The van der Waals surface area contributed by atoms with Crippen LogP contribution in [0.15, 0.2) is 18.2 Å². The zero-order valence-corrected chi connectivity index (χ0v) is 14.0. The Hall–Kier alpha value is -1.84. The number of benzene rings is 1. The third-order valence-electron chi connectivity index (χ3n) is 3.37. The molecule has 1 rings (SSSR count). The van der Waals surface area contributed by atoms with Gasteiger partial charge >= 0.3 is 11.9 Å². The molecule has 0 aliphatic rings. The summed E-state index contributed by atoms with van der Waals surface area (Å²) in [4.78, 5) is 24.2. The molecule has 4 nitrogen and oxygen atoms in total. The van der Waals surface area contributed by atoms with Crippen molar-refractivity contribution in [1.82, 2.24) is 0 Å². The van der Waals surface area contributed by atoms with E-state index in [1.165, 1.54) is 0 Å². The molecule has 0 aromatic heterocycles. The predicted molar refractivity (Wildman–Crippen MR) is 86.1 cm³/mol. The van der Waals surface area contributed by atoms with Crippen molar-refractivity contribution in [2.45, 2.75) is 47.0 Å². The molecule has 0 saturated heterocycles. The molecule has 1 aromatic rings. The Balaban J connectivity index is 2.84. The highest BCUT2D eigenvalue weighted by Gasteiger charge is 2.19. The van der Waals surface area contributed by atoms with Crippen LogP contribution in [-0.2, 0) is 15.9 Å². The Morgan fingerprint density at radius 3 is 2.32 bits per heavy atom. The molecule has 1 aromatic carbocycles. The van der Waals surface area contributed by atoms with E-state index >= 15 is 0 Å². The number of hydrogen-bond acceptors (Lipinski definition) is 4. The summed E-state index contributed by atoms with van der Waals surface area (Å²) in [5.74, 6) is -0.362. The zero-order valence-electron chi connectivity index (χ0n) is 14.0. The number of esters is 2. The van der Waals surface area contributed by atoms with Crippen LogP contribution in [0.2, 0.25) is 0 Å². The molecule has 0 radical (unpaired) electrons. The van der Waals surface area contributed by atoms with E-state index in [-0.39, 0.29) is 12.2 Å². The van der Waals surface area contributed by atoms with Gasteiger partial charge in [-0.1, -0.05) is 26.8 Å². The summed E-state index contributed by atoms with van der Waals surface area (Å²) in [6, 6.07) is 5.19. The average Bonchev–Trinajstić information content (AvgIpc) is 2.50. The molecule has 0 atom stereocenters. The van der Waals surface area contributed by atoms with Gasteiger partial charge in [0.1, 0.15) is 0 Å². The van der Waals surface area contributed by atoms with Crippen LogP contribution in [0.4, 0.5) is 0 Å². The number of carbonyl (C=O) groups excluding carboxylic acids is 2. The average molecular weight is 306 g/mol. The molecule has 4 heteroatoms. The topological polar surface area (TPSA) is 52.6 Å². The van der Waals surface area contributed by atoms with Gasteiger partial charge in [-0.25, -0.2) is 9.59 Å². The molecule has 0 saturated carbocycles. The van der Waals surface area contributed by atoms with Gasteiger partial charge in [-0.3, -0.25) is 0 Å². The summed E-state index contributed by atoms with van der Waals surface area (Å²) in [6.45, 7) is 8.64. The highest BCUT2D eigenvalue weighted by molar-refractivity contribution is 6.03. The first-order chi connectivity index (χ1) is 10.5. The lowest BCUT2D eigenvalue weighted by molar-refractivity contribution is 0.0460. The first-order valence-corrected chi connectivity index (χ1v) is 7.96. The Kier molecular flexibility index (Phi) is 7.64. The summed E-state index contributed by atoms with van der Waals surface area (Å²) in [7, 11) is 0. The smallest absolute Gasteiger partial charge is 0.339 e. The normalized spacial score (nSPS) is 10.6. The number of aryl methyl sites for hydroxylation is 1. The first-order valence-electron chi connectivity index (χ1n) is 7.96. The number of ether oxygens (including phenoxy) is 2. The lowest BCUT2D eigenvalue weighted by atomic mass is 10.0. The van der Waals surface area contributed by atoms with Crippen LogP contribution >= 0.6 is 0 Å². The molecule has 0 aliphatic carbocycles. The van der Waals surface area contributed by atoms with E-state index < -0.39 is 11.9 Å². The van der Waals surface area contributed by atoms with Crippen LogP contribution in [0.1, 0.15) is 66.8 Å². The van der Waals surface area contributed by atoms with Gasteiger partial charge in [0, 0.05) is 0 Å². The number of carbonyl (C=O) groups is 2. The lowest BCUT2D eigenvalue weighted by Crippen LogP contribution is -2.15. The Morgan fingerprint density at radius 2 is 1.73 bits per heavy atom. The van der Waals surface area contributed by atoms with Gasteiger partial charge in [-0.15, -0.1) is 0 Å². The Bertz CT molecular complexity index is 506. The molecule has 0 N–H and O–H groups in total. The van der Waals surface area contributed by atoms with Crippen molar-refractivity contribution in [3.8, 4) is 0 Å². The maximum atomic E-state index is 12.3. The summed E-state index contributed by atoms with van der Waals surface area (Å²) >= 11 is 0. The molecular formula is C18H26O4. The molecule has 0 fully saturated rings. The van der Waals surface area contributed by atoms with Crippen LogP contribution in [-0.4, -0.2) is 25.2 Å². The van der Waals surface area contributed by atoms with Gasteiger partial charge in [-0.2, -0.15) is 0 Å². The second-order valence-corrected chi connectivity index (χ2v) is 5.63. The van der Waals surface area contributed by atoms with E-state index in [2.05, 4.69) is 13.8 Å². The fraction of sp³-hybridized carbons (Fsp3) is 0.556. The SMILES string of the molecule is CCOC(=O)c1ccc(CC)cc1C(=O)OCCCC(C)C. The quantitative estimate of drug-likeness (QED) is 0.537. The molecule has 122 valence electrons. The van der Waals surface area contributed by atoms with Gasteiger partial charge < -0.3 is 9.47 Å². The maximum absolute atomic E-state index is 12.3. The number of rotatable bonds is 8. The highest BCUT2D eigenvalue weighted by atomic mass is 16.5. The molecular weight excluding hydrogens is 280 g/mol. The molecule has 0 bridgehead atoms. The van der Waals surface area contributed by atoms with Crippen molar-refractivity contribution >= 4 is 11.9 Å². The van der Waals surface area contributed by atoms with E-state index in [4.69, 9.17) is 9.47 Å². The van der Waals surface area contributed by atoms with Crippen molar-refractivity contribution in [3.05, 3.63) is 34.9 Å². The largest absolute Gasteiger partial charge is 0.462 e. The van der Waals surface area contributed by atoms with Crippen molar-refractivity contribution < 1.29 is 19.1 Å². The minimum absolute atomic E-state index is 0.271. The highest BCUT2D eigenvalue weighted by Crippen LogP contribution is 2.16. The fourth-order valence-electron chi connectivity index (χ4n) is 2.10. The molecule has 0 heterocycles. The maximum Gasteiger partial charge on any atom is 0.339 e. The standard InChI is InChI=1S/C18H26O4/c1-5-14-9-10-15(17(19)21-6-2)16(12-14)18(20)22-11-7-8-13(3)4/h9-10,12-13H,5-8,11H2,1-4H3. The van der Waals surface area contributed by atoms with E-state index in [1.54, 1.807) is 19.1 Å². The third-order valence-corrected chi connectivity index (χ3v) is 3.37. The van der Waals surface area contributed by atoms with Gasteiger partial charge in [0.2, 0.25) is 0 Å². The predicted octanol–water partition coefficient (Wildman–Crippen LogP) is 4.02. The Morgan fingerprint density at radius 1 is 1.05 bits per heavy atom. The number of hydrogen-bond donors (Lipinski definition) is 0.